The van der Waals surface area contributed by atoms with E-state index < -0.39 is 0 Å². The van der Waals surface area contributed by atoms with Gasteiger partial charge in [-0.1, -0.05) is 300 Å². The van der Waals surface area contributed by atoms with E-state index in [2.05, 4.69) is 234 Å². The van der Waals surface area contributed by atoms with Crippen molar-refractivity contribution >= 4 is 0 Å². The van der Waals surface area contributed by atoms with Crippen LogP contribution < -0.4 is 0 Å². The molecule has 0 saturated carbocycles. The second kappa shape index (κ2) is 92.5. The molecule has 9 heterocycles. The number of hydrogen-bond acceptors (Lipinski definition) is 14. The summed E-state index contributed by atoms with van der Waals surface area (Å²) in [5, 5.41) is 25.9. The molecule has 0 bridgehead atoms. The van der Waals surface area contributed by atoms with Gasteiger partial charge in [-0.25, -0.2) is 24.9 Å². The third kappa shape index (κ3) is 73.8. The van der Waals surface area contributed by atoms with Crippen molar-refractivity contribution in [2.45, 2.75) is 336 Å². The summed E-state index contributed by atoms with van der Waals surface area (Å²) in [5.41, 5.74) is 8.19. The van der Waals surface area contributed by atoms with Crippen LogP contribution in [-0.4, -0.2) is 90.2 Å². The number of nitrogens with one attached hydrogen (secondary N) is 3. The molecule has 0 spiro atoms. The van der Waals surface area contributed by atoms with E-state index in [-0.39, 0.29) is 0 Å². The minimum Gasteiger partial charge on any atom is -0.348 e. The molecule has 9 aromatic heterocycles. The standard InChI is InChI=1S/C9H12.C8H11N.3C7H10N2.C6H9N3.4C6H10N2.10C2H6/c1-8(2)9-6-4-3-5-7-9;1-7(2)8-5-3-4-6-9-8;1-6(2)7-5-8-3-4-9-7;1-6(2)7-3-4-8-5-9-7;1-6(2)7-4-3-5-8-9-7;1-5(2)6-7-3-4-8-9-6;1-5(2)6-3-7-4-8-6;1-6(2)8-5-3-4-7-8;1-5(2)6-7-3-4-8-6;1-5(2)6-3-4-7-8-6;10*1-2/h3-8H,1-2H3;3-7H,1-2H3;3*3-6H,1-2H3;3-5H,1-2H3;3-5H,1-2H3,(H,7,8);3-6H,1-2H3;2*3-5H,1-2H3,(H,7,8);10*1-2H3. The molecule has 604 valence electrons. The van der Waals surface area contributed by atoms with Crippen molar-refractivity contribution in [3.63, 3.8) is 0 Å². The molecule has 1 aromatic carbocycles. The molecule has 18 nitrogen and oxygen atoms in total. The predicted molar refractivity (Wildman–Crippen MR) is 465 cm³/mol. The van der Waals surface area contributed by atoms with E-state index in [1.54, 1.807) is 74.6 Å². The number of imidazole rings is 2. The van der Waals surface area contributed by atoms with Crippen LogP contribution in [0.3, 0.4) is 0 Å². The van der Waals surface area contributed by atoms with Gasteiger partial charge in [-0.05, 0) is 103 Å². The van der Waals surface area contributed by atoms with E-state index >= 15 is 0 Å². The minimum absolute atomic E-state index is 0.374. The molecule has 0 aliphatic heterocycles. The van der Waals surface area contributed by atoms with E-state index in [1.807, 2.05) is 236 Å². The van der Waals surface area contributed by atoms with E-state index in [0.717, 1.165) is 34.4 Å². The third-order valence-electron chi connectivity index (χ3n) is 11.7. The van der Waals surface area contributed by atoms with Crippen molar-refractivity contribution in [3.05, 3.63) is 230 Å². The summed E-state index contributed by atoms with van der Waals surface area (Å²) in [6.07, 6.45) is 28.0. The van der Waals surface area contributed by atoms with Crippen molar-refractivity contribution in [2.75, 3.05) is 0 Å². The summed E-state index contributed by atoms with van der Waals surface area (Å²) in [6.45, 7) is 82.4. The lowest BCUT2D eigenvalue weighted by atomic mass is 10.0. The maximum absolute atomic E-state index is 4.18. The second-order valence-corrected chi connectivity index (χ2v) is 22.5. The van der Waals surface area contributed by atoms with Crippen LogP contribution in [0.1, 0.15) is 388 Å². The predicted octanol–water partition coefficient (Wildman–Crippen LogP) is 27.1. The Balaban J connectivity index is -0.000000118. The number of rotatable bonds is 10. The normalized spacial score (nSPS) is 8.85. The highest BCUT2D eigenvalue weighted by atomic mass is 15.3. The second-order valence-electron chi connectivity index (χ2n) is 22.5. The van der Waals surface area contributed by atoms with E-state index in [0.29, 0.717) is 59.3 Å². The van der Waals surface area contributed by atoms with Crippen molar-refractivity contribution in [2.24, 2.45) is 0 Å². The van der Waals surface area contributed by atoms with Crippen LogP contribution in [0.2, 0.25) is 0 Å². The van der Waals surface area contributed by atoms with E-state index in [4.69, 9.17) is 0 Å². The van der Waals surface area contributed by atoms with Crippen LogP contribution in [0.4, 0.5) is 0 Å². The van der Waals surface area contributed by atoms with Crippen LogP contribution in [0.5, 0.6) is 0 Å². The first-order valence-corrected chi connectivity index (χ1v) is 39.9. The van der Waals surface area contributed by atoms with Crippen LogP contribution >= 0.6 is 0 Å². The average molecular weight is 1470 g/mol. The molecule has 0 radical (unpaired) electrons. The largest absolute Gasteiger partial charge is 0.348 e. The molecule has 3 N–H and O–H groups in total. The summed E-state index contributed by atoms with van der Waals surface area (Å²) in [6, 6.07) is 26.8. The Kier molecular flexibility index (Phi) is 103. The lowest BCUT2D eigenvalue weighted by Gasteiger charge is -2.01. The molecular formula is C88H162N18. The Bertz CT molecular complexity index is 2470. The number of pyridine rings is 1. The zero-order valence-electron chi connectivity index (χ0n) is 75.2. The van der Waals surface area contributed by atoms with Gasteiger partial charge in [-0.15, -0.1) is 5.10 Å². The van der Waals surface area contributed by atoms with Gasteiger partial charge in [0.05, 0.1) is 23.9 Å². The summed E-state index contributed by atoms with van der Waals surface area (Å²) < 4.78 is 1.92. The molecule has 10 rings (SSSR count). The van der Waals surface area contributed by atoms with Gasteiger partial charge in [0.25, 0.3) is 0 Å². The monoisotopic (exact) mass is 1470 g/mol. The smallest absolute Gasteiger partial charge is 0.153 e. The zero-order chi connectivity index (χ0) is 84.1. The first kappa shape index (κ1) is 119. The Morgan fingerprint density at radius 1 is 0.311 bits per heavy atom. The molecule has 0 amide bonds. The van der Waals surface area contributed by atoms with Gasteiger partial charge >= 0.3 is 0 Å². The molecule has 0 unspecified atom stereocenters. The third-order valence-corrected chi connectivity index (χ3v) is 11.7. The topological polar surface area (TPSA) is 233 Å². The highest BCUT2D eigenvalue weighted by Crippen LogP contribution is 2.14. The minimum atomic E-state index is 0.374. The Hall–Kier alpha value is -8.54. The number of nitrogens with zero attached hydrogens (tertiary/aromatic N) is 15. The quantitative estimate of drug-likeness (QED) is 0.116. The fraction of sp³-hybridized carbons (Fsp3) is 0.568. The number of aromatic nitrogens is 18. The number of aromatic amines is 3. The molecule has 106 heavy (non-hydrogen) atoms. The van der Waals surface area contributed by atoms with Gasteiger partial charge < -0.3 is 9.97 Å². The molecular weight excluding hydrogens is 1310 g/mol. The highest BCUT2D eigenvalue weighted by Gasteiger charge is 2.02. The molecule has 18 heteroatoms. The summed E-state index contributed by atoms with van der Waals surface area (Å²) in [7, 11) is 0. The Morgan fingerprint density at radius 3 is 1.07 bits per heavy atom. The summed E-state index contributed by atoms with van der Waals surface area (Å²) in [4.78, 5) is 38.1. The molecule has 0 atom stereocenters. The van der Waals surface area contributed by atoms with Crippen LogP contribution in [0.25, 0.3) is 0 Å². The van der Waals surface area contributed by atoms with Crippen molar-refractivity contribution in [3.8, 4) is 0 Å². The maximum atomic E-state index is 4.18. The molecule has 0 saturated heterocycles. The molecule has 0 aliphatic rings. The number of H-pyrrole nitrogens is 3. The maximum Gasteiger partial charge on any atom is 0.153 e. The fourth-order valence-electron chi connectivity index (χ4n) is 6.30. The summed E-state index contributed by atoms with van der Waals surface area (Å²) >= 11 is 0. The number of hydrogen-bond donors (Lipinski definition) is 3. The SMILES string of the molecule is CC.CC.CC.CC.CC.CC.CC.CC.CC.CC.CC(C)c1ccccc1.CC(C)c1ccccn1.CC(C)c1cccnn1.CC(C)c1ccn[nH]1.CC(C)c1ccncn1.CC(C)c1cnc[nH]1.CC(C)c1cnccn1.CC(C)c1ncc[nH]1.CC(C)c1nccnn1.CC(C)n1cccn1. The van der Waals surface area contributed by atoms with Crippen LogP contribution in [0, 0.1) is 0 Å². The fourth-order valence-corrected chi connectivity index (χ4v) is 6.30. The van der Waals surface area contributed by atoms with E-state index in [9.17, 15) is 0 Å². The van der Waals surface area contributed by atoms with Crippen molar-refractivity contribution < 1.29 is 0 Å². The first-order valence-electron chi connectivity index (χ1n) is 39.9. The van der Waals surface area contributed by atoms with Gasteiger partial charge in [0.1, 0.15) is 12.2 Å². The van der Waals surface area contributed by atoms with Crippen molar-refractivity contribution in [1.29, 1.82) is 0 Å². The van der Waals surface area contributed by atoms with Crippen LogP contribution in [-0.2, 0) is 0 Å². The molecule has 10 aromatic rings. The molecule has 0 fully saturated rings. The lowest BCUT2D eigenvalue weighted by Crippen LogP contribution is -1.99. The van der Waals surface area contributed by atoms with Crippen LogP contribution in [0.15, 0.2) is 178 Å². The average Bonchev–Trinajstić information content (AvgIpc) is 1.90. The Morgan fingerprint density at radius 2 is 0.821 bits per heavy atom. The van der Waals surface area contributed by atoms with Crippen molar-refractivity contribution in [1.82, 2.24) is 90.2 Å². The van der Waals surface area contributed by atoms with Gasteiger partial charge in [-0.2, -0.15) is 25.5 Å². The van der Waals surface area contributed by atoms with Gasteiger partial charge in [0.15, 0.2) is 5.82 Å². The first-order chi connectivity index (χ1) is 51.0. The number of benzene rings is 1. The summed E-state index contributed by atoms with van der Waals surface area (Å²) in [5.74, 6) is 6.57. The lowest BCUT2D eigenvalue weighted by molar-refractivity contribution is 0.532. The zero-order valence-corrected chi connectivity index (χ0v) is 75.2. The molecule has 0 aliphatic carbocycles. The van der Waals surface area contributed by atoms with Gasteiger partial charge in [0, 0.05) is 121 Å². The van der Waals surface area contributed by atoms with Gasteiger partial charge in [-0.3, -0.25) is 24.7 Å². The van der Waals surface area contributed by atoms with Gasteiger partial charge in [0.2, 0.25) is 0 Å². The Labute approximate surface area is 652 Å². The highest BCUT2D eigenvalue weighted by molar-refractivity contribution is 5.17. The van der Waals surface area contributed by atoms with E-state index in [1.165, 1.54) is 17.0 Å².